The van der Waals surface area contributed by atoms with Gasteiger partial charge in [0.25, 0.3) is 0 Å². The number of rotatable bonds is 4. The van der Waals surface area contributed by atoms with Crippen molar-refractivity contribution < 1.29 is 0 Å². The molecule has 0 amide bonds. The van der Waals surface area contributed by atoms with Crippen molar-refractivity contribution in [2.45, 2.75) is 39.7 Å². The number of hydrogen-bond acceptors (Lipinski definition) is 3. The van der Waals surface area contributed by atoms with E-state index in [2.05, 4.69) is 40.5 Å². The largest absolute Gasteiger partial charge is 0.332 e. The summed E-state index contributed by atoms with van der Waals surface area (Å²) >= 11 is 0. The Morgan fingerprint density at radius 2 is 2.14 bits per heavy atom. The summed E-state index contributed by atoms with van der Waals surface area (Å²) in [5.41, 5.74) is 2.88. The van der Waals surface area contributed by atoms with E-state index in [9.17, 15) is 5.26 Å². The van der Waals surface area contributed by atoms with E-state index in [1.165, 1.54) is 0 Å². The molecule has 5 heteroatoms. The van der Waals surface area contributed by atoms with Gasteiger partial charge in [-0.05, 0) is 37.5 Å². The topological polar surface area (TPSA) is 73.1 Å². The first-order valence-electron chi connectivity index (χ1n) is 7.53. The van der Waals surface area contributed by atoms with Crippen LogP contribution in [0.1, 0.15) is 39.3 Å². The van der Waals surface area contributed by atoms with Crippen LogP contribution in [0.5, 0.6) is 0 Å². The van der Waals surface area contributed by atoms with Crippen LogP contribution < -0.4 is 10.6 Å². The first kappa shape index (κ1) is 15.8. The Bertz CT molecular complexity index is 645. The van der Waals surface area contributed by atoms with Crippen LogP contribution in [0.3, 0.4) is 0 Å². The summed E-state index contributed by atoms with van der Waals surface area (Å²) in [6.07, 6.45) is 5.52. The van der Waals surface area contributed by atoms with Gasteiger partial charge in [-0.1, -0.05) is 19.9 Å². The summed E-state index contributed by atoms with van der Waals surface area (Å²) in [6, 6.07) is 8.06. The van der Waals surface area contributed by atoms with Gasteiger partial charge in [0, 0.05) is 12.4 Å². The van der Waals surface area contributed by atoms with E-state index in [4.69, 9.17) is 0 Å². The maximum Gasteiger partial charge on any atom is 0.200 e. The molecule has 2 heterocycles. The van der Waals surface area contributed by atoms with Gasteiger partial charge in [-0.3, -0.25) is 4.98 Å². The molecule has 0 unspecified atom stereocenters. The highest BCUT2D eigenvalue weighted by Gasteiger charge is 2.18. The molecule has 0 saturated carbocycles. The summed E-state index contributed by atoms with van der Waals surface area (Å²) in [5, 5.41) is 15.9. The normalized spacial score (nSPS) is 18.3. The highest BCUT2D eigenvalue weighted by molar-refractivity contribution is 5.90. The number of nitrogens with one attached hydrogen (secondary N) is 2. The third-order valence-electron chi connectivity index (χ3n) is 3.60. The second-order valence-electron chi connectivity index (χ2n) is 5.12. The van der Waals surface area contributed by atoms with Crippen LogP contribution >= 0.6 is 0 Å². The quantitative estimate of drug-likeness (QED) is 0.838. The fourth-order valence-corrected chi connectivity index (χ4v) is 2.24. The molecule has 1 aliphatic rings. The summed E-state index contributed by atoms with van der Waals surface area (Å²) < 4.78 is 0. The molecule has 0 spiro atoms. The summed E-state index contributed by atoms with van der Waals surface area (Å²) in [5.74, 6) is 0.679. The molecule has 5 nitrogen and oxygen atoms in total. The molecule has 114 valence electrons. The van der Waals surface area contributed by atoms with Gasteiger partial charge >= 0.3 is 0 Å². The van der Waals surface area contributed by atoms with Gasteiger partial charge in [0.1, 0.15) is 11.6 Å². The molecule has 2 rings (SSSR count). The van der Waals surface area contributed by atoms with Crippen LogP contribution in [0.2, 0.25) is 0 Å². The SMILES string of the molecule is CCC(CC)N=C1NC=C(C)/C(=C(\C#N)c2ccccn2)N1. The Labute approximate surface area is 131 Å². The van der Waals surface area contributed by atoms with Crippen molar-refractivity contribution in [3.63, 3.8) is 0 Å². The first-order valence-corrected chi connectivity index (χ1v) is 7.53. The number of hydrogen-bond donors (Lipinski definition) is 2. The van der Waals surface area contributed by atoms with E-state index in [0.29, 0.717) is 17.2 Å². The van der Waals surface area contributed by atoms with Crippen molar-refractivity contribution in [1.29, 1.82) is 5.26 Å². The average Bonchev–Trinajstić information content (AvgIpc) is 2.57. The number of nitrogens with zero attached hydrogens (tertiary/aromatic N) is 3. The molecule has 0 aliphatic carbocycles. The minimum atomic E-state index is 0.267. The Morgan fingerprint density at radius 1 is 1.36 bits per heavy atom. The maximum atomic E-state index is 9.53. The molecule has 0 aromatic carbocycles. The Morgan fingerprint density at radius 3 is 2.73 bits per heavy atom. The lowest BCUT2D eigenvalue weighted by molar-refractivity contribution is 0.625. The number of aliphatic imine (C=N–C) groups is 1. The Kier molecular flexibility index (Phi) is 5.31. The van der Waals surface area contributed by atoms with Crippen molar-refractivity contribution in [3.8, 4) is 6.07 Å². The minimum Gasteiger partial charge on any atom is -0.332 e. The molecule has 0 atom stereocenters. The molecule has 2 N–H and O–H groups in total. The molecule has 1 aliphatic heterocycles. The Balaban J connectivity index is 2.41. The number of allylic oxidation sites excluding steroid dienone is 2. The summed E-state index contributed by atoms with van der Waals surface area (Å²) in [4.78, 5) is 8.92. The van der Waals surface area contributed by atoms with Crippen LogP contribution in [0, 0.1) is 11.3 Å². The third-order valence-corrected chi connectivity index (χ3v) is 3.60. The van der Waals surface area contributed by atoms with Gasteiger partial charge in [-0.15, -0.1) is 0 Å². The maximum absolute atomic E-state index is 9.53. The Hall–Kier alpha value is -2.61. The average molecular weight is 295 g/mol. The van der Waals surface area contributed by atoms with E-state index in [1.807, 2.05) is 31.3 Å². The van der Waals surface area contributed by atoms with Gasteiger partial charge < -0.3 is 10.6 Å². The van der Waals surface area contributed by atoms with Crippen LogP contribution in [0.25, 0.3) is 5.57 Å². The van der Waals surface area contributed by atoms with E-state index in [1.54, 1.807) is 6.20 Å². The smallest absolute Gasteiger partial charge is 0.200 e. The van der Waals surface area contributed by atoms with Crippen molar-refractivity contribution >= 4 is 11.5 Å². The van der Waals surface area contributed by atoms with Gasteiger partial charge in [0.15, 0.2) is 5.96 Å². The zero-order chi connectivity index (χ0) is 15.9. The van der Waals surface area contributed by atoms with Gasteiger partial charge in [-0.25, -0.2) is 4.99 Å². The molecule has 0 bridgehead atoms. The number of nitriles is 1. The lowest BCUT2D eigenvalue weighted by Gasteiger charge is -2.22. The van der Waals surface area contributed by atoms with E-state index >= 15 is 0 Å². The standard InChI is InChI=1S/C17H21N5/c1-4-13(5-2)21-17-20-11-12(3)16(22-17)14(10-18)15-8-6-7-9-19-15/h6-9,11,13H,4-5H2,1-3H3,(H2,20,21,22)/b16-14-. The fourth-order valence-electron chi connectivity index (χ4n) is 2.24. The predicted octanol–water partition coefficient (Wildman–Crippen LogP) is 2.96. The van der Waals surface area contributed by atoms with E-state index in [-0.39, 0.29) is 6.04 Å². The van der Waals surface area contributed by atoms with Crippen LogP contribution in [0.15, 0.2) is 46.9 Å². The van der Waals surface area contributed by atoms with Crippen LogP contribution in [0.4, 0.5) is 0 Å². The van der Waals surface area contributed by atoms with Crippen molar-refractivity contribution in [3.05, 3.63) is 47.6 Å². The van der Waals surface area contributed by atoms with E-state index in [0.717, 1.165) is 24.1 Å². The van der Waals surface area contributed by atoms with Gasteiger partial charge in [0.05, 0.1) is 17.4 Å². The lowest BCUT2D eigenvalue weighted by Crippen LogP contribution is -2.39. The van der Waals surface area contributed by atoms with Crippen LogP contribution in [-0.2, 0) is 0 Å². The summed E-state index contributed by atoms with van der Waals surface area (Å²) in [7, 11) is 0. The molecule has 0 saturated heterocycles. The molecule has 0 fully saturated rings. The molecular weight excluding hydrogens is 274 g/mol. The second kappa shape index (κ2) is 7.41. The van der Waals surface area contributed by atoms with E-state index < -0.39 is 0 Å². The molecule has 1 aromatic rings. The van der Waals surface area contributed by atoms with Crippen molar-refractivity contribution in [1.82, 2.24) is 15.6 Å². The van der Waals surface area contributed by atoms with Crippen molar-refractivity contribution in [2.75, 3.05) is 0 Å². The predicted molar refractivity (Wildman–Crippen MR) is 88.6 cm³/mol. The molecule has 0 radical (unpaired) electrons. The minimum absolute atomic E-state index is 0.267. The zero-order valence-electron chi connectivity index (χ0n) is 13.2. The molecule has 22 heavy (non-hydrogen) atoms. The molecular formula is C17H21N5. The first-order chi connectivity index (χ1) is 10.7. The van der Waals surface area contributed by atoms with Gasteiger partial charge in [0.2, 0.25) is 0 Å². The highest BCUT2D eigenvalue weighted by atomic mass is 15.2. The number of pyridine rings is 1. The highest BCUT2D eigenvalue weighted by Crippen LogP contribution is 2.21. The number of guanidine groups is 1. The second-order valence-corrected chi connectivity index (χ2v) is 5.12. The number of aromatic nitrogens is 1. The van der Waals surface area contributed by atoms with Gasteiger partial charge in [-0.2, -0.15) is 5.26 Å². The molecule has 1 aromatic heterocycles. The summed E-state index contributed by atoms with van der Waals surface area (Å²) in [6.45, 7) is 6.19. The van der Waals surface area contributed by atoms with Crippen molar-refractivity contribution in [2.24, 2.45) is 4.99 Å². The third kappa shape index (κ3) is 3.53. The lowest BCUT2D eigenvalue weighted by atomic mass is 10.1. The zero-order valence-corrected chi connectivity index (χ0v) is 13.2. The monoisotopic (exact) mass is 295 g/mol. The fraction of sp³-hybridized carbons (Fsp3) is 0.353. The van der Waals surface area contributed by atoms with Crippen LogP contribution in [-0.4, -0.2) is 17.0 Å².